The van der Waals surface area contributed by atoms with E-state index in [0.29, 0.717) is 5.92 Å². The molecule has 1 fully saturated rings. The molecular weight excluding hydrogens is 184 g/mol. The number of allylic oxidation sites excluding steroid dienone is 2. The third-order valence-corrected chi connectivity index (χ3v) is 4.53. The Kier molecular flexibility index (Phi) is 1.55. The third-order valence-electron chi connectivity index (χ3n) is 2.58. The summed E-state index contributed by atoms with van der Waals surface area (Å²) in [6.45, 7) is 0. The zero-order valence-corrected chi connectivity index (χ0v) is 7.48. The summed E-state index contributed by atoms with van der Waals surface area (Å²) in [5.74, 6) is 0.668. The minimum Gasteiger partial charge on any atom is -0.212 e. The van der Waals surface area contributed by atoms with Crippen molar-refractivity contribution in [3.63, 3.8) is 0 Å². The fraction of sp³-hybridized carbons (Fsp3) is 0.714. The molecule has 0 aromatic rings. The summed E-state index contributed by atoms with van der Waals surface area (Å²) in [6.07, 6.45) is 5.80. The summed E-state index contributed by atoms with van der Waals surface area (Å²) in [7, 11) is 1.96. The van der Waals surface area contributed by atoms with Gasteiger partial charge in [-0.05, 0) is 24.7 Å². The van der Waals surface area contributed by atoms with E-state index in [1.54, 1.807) is 0 Å². The lowest BCUT2D eigenvalue weighted by Gasteiger charge is -2.13. The van der Waals surface area contributed by atoms with Crippen LogP contribution in [0.15, 0.2) is 12.2 Å². The smallest absolute Gasteiger partial charge is 0.212 e. The van der Waals surface area contributed by atoms with Crippen molar-refractivity contribution in [1.29, 1.82) is 0 Å². The van der Waals surface area contributed by atoms with Crippen LogP contribution in [-0.4, -0.2) is 13.7 Å². The Hall–Kier alpha value is -0.0200. The Bertz CT molecular complexity index is 294. The normalized spacial score (nSPS) is 41.7. The van der Waals surface area contributed by atoms with E-state index in [9.17, 15) is 8.42 Å². The maximum absolute atomic E-state index is 11.0. The van der Waals surface area contributed by atoms with Crippen LogP contribution in [0, 0.1) is 11.8 Å². The van der Waals surface area contributed by atoms with Crippen molar-refractivity contribution >= 4 is 19.7 Å². The maximum Gasteiger partial charge on any atom is 0.236 e. The van der Waals surface area contributed by atoms with Gasteiger partial charge in [-0.25, -0.2) is 8.42 Å². The highest BCUT2D eigenvalue weighted by Gasteiger charge is 2.42. The van der Waals surface area contributed by atoms with E-state index < -0.39 is 9.05 Å². The number of fused-ring (bicyclic) bond motifs is 2. The summed E-state index contributed by atoms with van der Waals surface area (Å²) >= 11 is 0. The first-order chi connectivity index (χ1) is 5.07. The van der Waals surface area contributed by atoms with E-state index >= 15 is 0 Å². The lowest BCUT2D eigenvalue weighted by atomic mass is 10.1. The second-order valence-corrected chi connectivity index (χ2v) is 6.14. The van der Waals surface area contributed by atoms with Crippen molar-refractivity contribution in [2.24, 2.45) is 11.8 Å². The summed E-state index contributed by atoms with van der Waals surface area (Å²) in [4.78, 5) is 0. The van der Waals surface area contributed by atoms with Gasteiger partial charge in [-0.3, -0.25) is 0 Å². The minimum absolute atomic E-state index is 0.197. The largest absolute Gasteiger partial charge is 0.236 e. The molecule has 1 saturated carbocycles. The van der Waals surface area contributed by atoms with Crippen LogP contribution in [-0.2, 0) is 9.05 Å². The molecule has 2 aliphatic carbocycles. The van der Waals surface area contributed by atoms with E-state index in [4.69, 9.17) is 10.7 Å². The molecule has 2 unspecified atom stereocenters. The van der Waals surface area contributed by atoms with Gasteiger partial charge in [0, 0.05) is 10.7 Å². The van der Waals surface area contributed by atoms with Crippen LogP contribution in [0.25, 0.3) is 0 Å². The van der Waals surface area contributed by atoms with Crippen LogP contribution in [0.3, 0.4) is 0 Å². The van der Waals surface area contributed by atoms with Crippen LogP contribution >= 0.6 is 10.7 Å². The van der Waals surface area contributed by atoms with Crippen LogP contribution in [0.4, 0.5) is 0 Å². The number of hydrogen-bond donors (Lipinski definition) is 0. The first-order valence-electron chi connectivity index (χ1n) is 3.69. The fourth-order valence-electron chi connectivity index (χ4n) is 2.05. The van der Waals surface area contributed by atoms with Crippen molar-refractivity contribution in [3.05, 3.63) is 12.2 Å². The second-order valence-electron chi connectivity index (χ2n) is 3.29. The molecule has 0 spiro atoms. The van der Waals surface area contributed by atoms with E-state index in [1.165, 1.54) is 0 Å². The van der Waals surface area contributed by atoms with E-state index in [-0.39, 0.29) is 11.2 Å². The topological polar surface area (TPSA) is 34.1 Å². The molecule has 3 atom stereocenters. The van der Waals surface area contributed by atoms with Crippen LogP contribution < -0.4 is 0 Å². The standard InChI is InChI=1S/C7H9ClO2S/c8-11(9,10)7-4-5-1-2-6(7)3-5/h1-2,5-7H,3-4H2/t5?,6-,7?/m0/s1. The molecule has 2 aliphatic rings. The summed E-state index contributed by atoms with van der Waals surface area (Å²) in [5, 5.41) is -0.306. The molecule has 0 heterocycles. The molecule has 0 amide bonds. The third kappa shape index (κ3) is 1.20. The number of halogens is 1. The lowest BCUT2D eigenvalue weighted by molar-refractivity contribution is 0.575. The predicted octanol–water partition coefficient (Wildman–Crippen LogP) is 1.52. The van der Waals surface area contributed by atoms with E-state index in [1.807, 2.05) is 6.08 Å². The molecule has 11 heavy (non-hydrogen) atoms. The molecule has 2 nitrogen and oxygen atoms in total. The van der Waals surface area contributed by atoms with Gasteiger partial charge in [-0.1, -0.05) is 12.2 Å². The highest BCUT2D eigenvalue weighted by Crippen LogP contribution is 2.43. The van der Waals surface area contributed by atoms with Gasteiger partial charge in [0.1, 0.15) is 0 Å². The highest BCUT2D eigenvalue weighted by atomic mass is 35.7. The van der Waals surface area contributed by atoms with Crippen molar-refractivity contribution in [1.82, 2.24) is 0 Å². The van der Waals surface area contributed by atoms with Crippen LogP contribution in [0.1, 0.15) is 12.8 Å². The predicted molar refractivity (Wildman–Crippen MR) is 43.9 cm³/mol. The zero-order chi connectivity index (χ0) is 8.06. The van der Waals surface area contributed by atoms with Crippen molar-refractivity contribution in [3.8, 4) is 0 Å². The Morgan fingerprint density at radius 3 is 2.27 bits per heavy atom. The van der Waals surface area contributed by atoms with Crippen molar-refractivity contribution in [2.75, 3.05) is 0 Å². The Labute approximate surface area is 70.7 Å². The van der Waals surface area contributed by atoms with Crippen LogP contribution in [0.5, 0.6) is 0 Å². The lowest BCUT2D eigenvalue weighted by Crippen LogP contribution is -2.20. The molecule has 2 rings (SSSR count). The Balaban J connectivity index is 2.28. The van der Waals surface area contributed by atoms with Gasteiger partial charge in [-0.2, -0.15) is 0 Å². The summed E-state index contributed by atoms with van der Waals surface area (Å²) < 4.78 is 21.9. The first kappa shape index (κ1) is 7.62. The maximum atomic E-state index is 11.0. The van der Waals surface area contributed by atoms with Gasteiger partial charge in [0.25, 0.3) is 0 Å². The van der Waals surface area contributed by atoms with Gasteiger partial charge in [0.05, 0.1) is 5.25 Å². The van der Waals surface area contributed by atoms with Crippen molar-refractivity contribution in [2.45, 2.75) is 18.1 Å². The Morgan fingerprint density at radius 1 is 1.27 bits per heavy atom. The quantitative estimate of drug-likeness (QED) is 0.466. The molecule has 62 valence electrons. The average molecular weight is 193 g/mol. The molecule has 2 bridgehead atoms. The van der Waals surface area contributed by atoms with E-state index in [0.717, 1.165) is 12.8 Å². The van der Waals surface area contributed by atoms with Gasteiger partial charge >= 0.3 is 0 Å². The molecule has 0 aromatic carbocycles. The van der Waals surface area contributed by atoms with Gasteiger partial charge in [0.2, 0.25) is 9.05 Å². The summed E-state index contributed by atoms with van der Waals surface area (Å²) in [6, 6.07) is 0. The number of rotatable bonds is 1. The first-order valence-corrected chi connectivity index (χ1v) is 6.06. The molecule has 0 N–H and O–H groups in total. The van der Waals surface area contributed by atoms with Crippen molar-refractivity contribution < 1.29 is 8.42 Å². The molecule has 0 aliphatic heterocycles. The van der Waals surface area contributed by atoms with Gasteiger partial charge < -0.3 is 0 Å². The highest BCUT2D eigenvalue weighted by molar-refractivity contribution is 8.14. The average Bonchev–Trinajstić information content (AvgIpc) is 2.42. The monoisotopic (exact) mass is 192 g/mol. The van der Waals surface area contributed by atoms with E-state index in [2.05, 4.69) is 6.08 Å². The number of hydrogen-bond acceptors (Lipinski definition) is 2. The van der Waals surface area contributed by atoms with Crippen LogP contribution in [0.2, 0.25) is 0 Å². The molecule has 0 saturated heterocycles. The SMILES string of the molecule is O=S(=O)(Cl)C1CC2C=C[C@H]1C2. The molecule has 4 heteroatoms. The molecule has 0 aromatic heterocycles. The summed E-state index contributed by atoms with van der Waals surface area (Å²) in [5.41, 5.74) is 0. The molecule has 0 radical (unpaired) electrons. The second kappa shape index (κ2) is 2.23. The zero-order valence-electron chi connectivity index (χ0n) is 5.90. The minimum atomic E-state index is -3.31. The fourth-order valence-corrected chi connectivity index (χ4v) is 3.77. The van der Waals surface area contributed by atoms with Gasteiger partial charge in [-0.15, -0.1) is 0 Å². The molecular formula is C7H9ClO2S. The van der Waals surface area contributed by atoms with Gasteiger partial charge in [0.15, 0.2) is 0 Å². The Morgan fingerprint density at radius 2 is 2.00 bits per heavy atom.